The molecule has 1 unspecified atom stereocenters. The number of thiazole rings is 1. The van der Waals surface area contributed by atoms with Gasteiger partial charge in [0.25, 0.3) is 5.91 Å². The number of fused-ring (bicyclic) bond motifs is 1. The SMILES string of the molecule is COC(=O)c1ccccc1C(=O)N(CC1CCCO1)c1nc2c(OC)cccc2s1. The van der Waals surface area contributed by atoms with Crippen molar-refractivity contribution in [3.63, 3.8) is 0 Å². The molecule has 0 N–H and O–H groups in total. The number of ether oxygens (including phenoxy) is 3. The van der Waals surface area contributed by atoms with E-state index in [0.717, 1.165) is 17.5 Å². The van der Waals surface area contributed by atoms with Crippen LogP contribution in [0.1, 0.15) is 33.6 Å². The summed E-state index contributed by atoms with van der Waals surface area (Å²) in [6.45, 7) is 1.04. The van der Waals surface area contributed by atoms with Gasteiger partial charge in [-0.2, -0.15) is 0 Å². The van der Waals surface area contributed by atoms with E-state index in [0.29, 0.717) is 29.5 Å². The van der Waals surface area contributed by atoms with Gasteiger partial charge in [-0.3, -0.25) is 9.69 Å². The molecule has 156 valence electrons. The molecule has 0 spiro atoms. The molecule has 1 saturated heterocycles. The number of carbonyl (C=O) groups is 2. The fourth-order valence-electron chi connectivity index (χ4n) is 3.53. The Hall–Kier alpha value is -2.97. The average molecular weight is 426 g/mol. The van der Waals surface area contributed by atoms with Gasteiger partial charge in [-0.25, -0.2) is 9.78 Å². The number of carbonyl (C=O) groups excluding carboxylic acids is 2. The van der Waals surface area contributed by atoms with Crippen LogP contribution >= 0.6 is 11.3 Å². The van der Waals surface area contributed by atoms with Gasteiger partial charge in [0, 0.05) is 6.61 Å². The van der Waals surface area contributed by atoms with Gasteiger partial charge in [-0.15, -0.1) is 0 Å². The Morgan fingerprint density at radius 2 is 1.97 bits per heavy atom. The van der Waals surface area contributed by atoms with E-state index < -0.39 is 5.97 Å². The first-order valence-electron chi connectivity index (χ1n) is 9.66. The molecule has 1 fully saturated rings. The highest BCUT2D eigenvalue weighted by Gasteiger charge is 2.29. The maximum absolute atomic E-state index is 13.6. The highest BCUT2D eigenvalue weighted by molar-refractivity contribution is 7.22. The summed E-state index contributed by atoms with van der Waals surface area (Å²) in [5.74, 6) is -0.221. The Labute approximate surface area is 178 Å². The van der Waals surface area contributed by atoms with Gasteiger partial charge in [-0.05, 0) is 37.1 Å². The normalized spacial score (nSPS) is 15.9. The molecule has 1 aliphatic rings. The van der Waals surface area contributed by atoms with Crippen molar-refractivity contribution in [1.29, 1.82) is 0 Å². The summed E-state index contributed by atoms with van der Waals surface area (Å²) >= 11 is 1.40. The second kappa shape index (κ2) is 8.81. The van der Waals surface area contributed by atoms with Crippen molar-refractivity contribution in [3.05, 3.63) is 53.6 Å². The summed E-state index contributed by atoms with van der Waals surface area (Å²) < 4.78 is 17.0. The van der Waals surface area contributed by atoms with Crippen molar-refractivity contribution in [1.82, 2.24) is 4.98 Å². The van der Waals surface area contributed by atoms with E-state index in [1.807, 2.05) is 18.2 Å². The van der Waals surface area contributed by atoms with Crippen LogP contribution in [-0.2, 0) is 9.47 Å². The summed E-state index contributed by atoms with van der Waals surface area (Å²) in [5, 5.41) is 0.537. The van der Waals surface area contributed by atoms with Crippen LogP contribution in [0.3, 0.4) is 0 Å². The summed E-state index contributed by atoms with van der Waals surface area (Å²) in [7, 11) is 2.89. The van der Waals surface area contributed by atoms with Gasteiger partial charge in [0.1, 0.15) is 11.3 Å². The van der Waals surface area contributed by atoms with Crippen LogP contribution in [0.5, 0.6) is 5.75 Å². The third kappa shape index (κ3) is 3.88. The third-order valence-corrected chi connectivity index (χ3v) is 6.08. The second-order valence-corrected chi connectivity index (χ2v) is 7.90. The molecule has 1 amide bonds. The van der Waals surface area contributed by atoms with Crippen LogP contribution in [-0.4, -0.2) is 50.3 Å². The Morgan fingerprint density at radius 1 is 1.17 bits per heavy atom. The van der Waals surface area contributed by atoms with Crippen molar-refractivity contribution in [3.8, 4) is 5.75 Å². The number of benzene rings is 2. The minimum Gasteiger partial charge on any atom is -0.494 e. The second-order valence-electron chi connectivity index (χ2n) is 6.89. The quantitative estimate of drug-likeness (QED) is 0.556. The number of esters is 1. The van der Waals surface area contributed by atoms with E-state index in [1.165, 1.54) is 18.4 Å². The predicted molar refractivity (Wildman–Crippen MR) is 115 cm³/mol. The lowest BCUT2D eigenvalue weighted by Crippen LogP contribution is -2.38. The molecule has 2 aromatic carbocycles. The summed E-state index contributed by atoms with van der Waals surface area (Å²) in [4.78, 5) is 32.1. The molecule has 2 heterocycles. The molecule has 30 heavy (non-hydrogen) atoms. The van der Waals surface area contributed by atoms with Gasteiger partial charge < -0.3 is 14.2 Å². The Morgan fingerprint density at radius 3 is 2.67 bits per heavy atom. The number of amides is 1. The van der Waals surface area contributed by atoms with Crippen molar-refractivity contribution in [2.75, 3.05) is 32.3 Å². The number of aromatic nitrogens is 1. The number of anilines is 1. The van der Waals surface area contributed by atoms with Crippen LogP contribution in [0, 0.1) is 0 Å². The maximum Gasteiger partial charge on any atom is 0.338 e. The maximum atomic E-state index is 13.6. The minimum atomic E-state index is -0.554. The molecule has 1 aliphatic heterocycles. The zero-order valence-corrected chi connectivity index (χ0v) is 17.6. The fourth-order valence-corrected chi connectivity index (χ4v) is 4.53. The first-order valence-corrected chi connectivity index (χ1v) is 10.5. The van der Waals surface area contributed by atoms with Crippen molar-refractivity contribution >= 4 is 38.6 Å². The van der Waals surface area contributed by atoms with E-state index in [9.17, 15) is 9.59 Å². The smallest absolute Gasteiger partial charge is 0.338 e. The number of methoxy groups -OCH3 is 2. The molecule has 1 aromatic heterocycles. The molecule has 1 atom stereocenters. The van der Waals surface area contributed by atoms with E-state index in [-0.39, 0.29) is 23.1 Å². The molecular weight excluding hydrogens is 404 g/mol. The minimum absolute atomic E-state index is 0.0758. The summed E-state index contributed by atoms with van der Waals surface area (Å²) in [5.41, 5.74) is 1.20. The van der Waals surface area contributed by atoms with Crippen LogP contribution in [0.15, 0.2) is 42.5 Å². The van der Waals surface area contributed by atoms with Crippen LogP contribution in [0.25, 0.3) is 10.2 Å². The molecule has 0 bridgehead atoms. The Kier molecular flexibility index (Phi) is 5.96. The van der Waals surface area contributed by atoms with Crippen molar-refractivity contribution in [2.45, 2.75) is 18.9 Å². The third-order valence-electron chi connectivity index (χ3n) is 5.04. The molecular formula is C22H22N2O5S. The lowest BCUT2D eigenvalue weighted by atomic mass is 10.1. The molecule has 4 rings (SSSR count). The molecule has 0 aliphatic carbocycles. The van der Waals surface area contributed by atoms with E-state index in [2.05, 4.69) is 0 Å². The van der Waals surface area contributed by atoms with Gasteiger partial charge in [0.05, 0.1) is 42.7 Å². The van der Waals surface area contributed by atoms with Gasteiger partial charge in [0.15, 0.2) is 5.13 Å². The standard InChI is InChI=1S/C22H22N2O5S/c1-27-17-10-5-11-18-19(17)23-22(30-18)24(13-14-7-6-12-29-14)20(25)15-8-3-4-9-16(15)21(26)28-2/h3-5,8-11,14H,6-7,12-13H2,1-2H3. The number of nitrogens with zero attached hydrogens (tertiary/aromatic N) is 2. The van der Waals surface area contributed by atoms with E-state index >= 15 is 0 Å². The zero-order valence-electron chi connectivity index (χ0n) is 16.8. The van der Waals surface area contributed by atoms with Gasteiger partial charge in [-0.1, -0.05) is 29.5 Å². The molecule has 3 aromatic rings. The predicted octanol–water partition coefficient (Wildman–Crippen LogP) is 3.92. The molecule has 7 nitrogen and oxygen atoms in total. The van der Waals surface area contributed by atoms with Gasteiger partial charge >= 0.3 is 5.97 Å². The van der Waals surface area contributed by atoms with Crippen molar-refractivity contribution < 1.29 is 23.8 Å². The monoisotopic (exact) mass is 426 g/mol. The first-order chi connectivity index (χ1) is 14.6. The molecule has 8 heteroatoms. The van der Waals surface area contributed by atoms with E-state index in [1.54, 1.807) is 36.3 Å². The van der Waals surface area contributed by atoms with Crippen LogP contribution in [0.2, 0.25) is 0 Å². The van der Waals surface area contributed by atoms with Crippen molar-refractivity contribution in [2.24, 2.45) is 0 Å². The largest absolute Gasteiger partial charge is 0.494 e. The topological polar surface area (TPSA) is 78.0 Å². The average Bonchev–Trinajstić information content (AvgIpc) is 3.45. The summed E-state index contributed by atoms with van der Waals surface area (Å²) in [6.07, 6.45) is 1.75. The Balaban J connectivity index is 1.77. The molecule has 0 saturated carbocycles. The first kappa shape index (κ1) is 20.3. The van der Waals surface area contributed by atoms with Crippen LogP contribution < -0.4 is 9.64 Å². The number of hydrogen-bond acceptors (Lipinski definition) is 7. The van der Waals surface area contributed by atoms with Crippen LogP contribution in [0.4, 0.5) is 5.13 Å². The lowest BCUT2D eigenvalue weighted by molar-refractivity contribution is 0.0596. The molecule has 0 radical (unpaired) electrons. The Bertz CT molecular complexity index is 1070. The lowest BCUT2D eigenvalue weighted by Gasteiger charge is -2.23. The number of rotatable bonds is 6. The highest BCUT2D eigenvalue weighted by Crippen LogP contribution is 2.35. The number of para-hydroxylation sites is 1. The highest BCUT2D eigenvalue weighted by atomic mass is 32.1. The zero-order chi connectivity index (χ0) is 21.1. The number of hydrogen-bond donors (Lipinski definition) is 0. The fraction of sp³-hybridized carbons (Fsp3) is 0.318. The summed E-state index contributed by atoms with van der Waals surface area (Å²) in [6, 6.07) is 12.3. The van der Waals surface area contributed by atoms with E-state index in [4.69, 9.17) is 19.2 Å². The van der Waals surface area contributed by atoms with Gasteiger partial charge in [0.2, 0.25) is 0 Å².